The first-order chi connectivity index (χ1) is 9.65. The van der Waals surface area contributed by atoms with Crippen molar-refractivity contribution in [2.24, 2.45) is 0 Å². The molecule has 0 aliphatic rings. The number of nitrogens with zero attached hydrogens (tertiary/aromatic N) is 3. The number of fused-ring (bicyclic) bond motifs is 1. The maximum atomic E-state index is 11.9. The Hall–Kier alpha value is -2.01. The summed E-state index contributed by atoms with van der Waals surface area (Å²) in [7, 11) is 0. The van der Waals surface area contributed by atoms with E-state index in [2.05, 4.69) is 25.9 Å². The summed E-state index contributed by atoms with van der Waals surface area (Å²) >= 11 is 3.52. The van der Waals surface area contributed by atoms with Crippen LogP contribution in [-0.2, 0) is 6.54 Å². The number of hydrogen-bond donors (Lipinski definition) is 0. The number of pyridine rings is 1. The normalized spacial score (nSPS) is 10.9. The second kappa shape index (κ2) is 5.17. The van der Waals surface area contributed by atoms with Gasteiger partial charge in [0, 0.05) is 27.8 Å². The van der Waals surface area contributed by atoms with Crippen molar-refractivity contribution in [3.63, 3.8) is 0 Å². The predicted octanol–water partition coefficient (Wildman–Crippen LogP) is 2.91. The van der Waals surface area contributed by atoms with Crippen molar-refractivity contribution in [1.82, 2.24) is 14.5 Å². The monoisotopic (exact) mass is 329 g/mol. The Morgan fingerprint density at radius 3 is 2.90 bits per heavy atom. The molecule has 0 radical (unpaired) electrons. The molecule has 0 spiro atoms. The van der Waals surface area contributed by atoms with E-state index in [-0.39, 0.29) is 5.56 Å². The van der Waals surface area contributed by atoms with Crippen molar-refractivity contribution in [3.8, 4) is 0 Å². The topological polar surface area (TPSA) is 47.8 Å². The summed E-state index contributed by atoms with van der Waals surface area (Å²) in [5, 5.41) is 1.04. The van der Waals surface area contributed by atoms with E-state index in [4.69, 9.17) is 0 Å². The Morgan fingerprint density at radius 1 is 1.25 bits per heavy atom. The fourth-order valence-electron chi connectivity index (χ4n) is 2.14. The Labute approximate surface area is 124 Å². The van der Waals surface area contributed by atoms with Crippen LogP contribution in [0.5, 0.6) is 0 Å². The number of halogens is 1. The van der Waals surface area contributed by atoms with Crippen LogP contribution in [-0.4, -0.2) is 14.5 Å². The van der Waals surface area contributed by atoms with Gasteiger partial charge in [0.25, 0.3) is 5.56 Å². The molecule has 0 unspecified atom stereocenters. The third-order valence-corrected chi connectivity index (χ3v) is 3.85. The van der Waals surface area contributed by atoms with Crippen LogP contribution in [0.3, 0.4) is 0 Å². The van der Waals surface area contributed by atoms with Gasteiger partial charge in [0.1, 0.15) is 0 Å². The maximum Gasteiger partial charge on any atom is 0.253 e. The summed E-state index contributed by atoms with van der Waals surface area (Å²) in [6, 6.07) is 9.40. The summed E-state index contributed by atoms with van der Waals surface area (Å²) in [5.74, 6) is 0. The van der Waals surface area contributed by atoms with Crippen LogP contribution >= 0.6 is 15.9 Å². The van der Waals surface area contributed by atoms with Crippen molar-refractivity contribution in [3.05, 3.63) is 68.9 Å². The molecule has 2 aromatic heterocycles. The van der Waals surface area contributed by atoms with Gasteiger partial charge in [0.05, 0.1) is 18.4 Å². The second-order valence-electron chi connectivity index (χ2n) is 4.60. The molecule has 0 amide bonds. The zero-order valence-corrected chi connectivity index (χ0v) is 12.5. The highest BCUT2D eigenvalue weighted by atomic mass is 79.9. The molecule has 0 N–H and O–H groups in total. The molecule has 0 saturated carbocycles. The quantitative estimate of drug-likeness (QED) is 0.726. The molecule has 1 aromatic carbocycles. The second-order valence-corrected chi connectivity index (χ2v) is 5.46. The predicted molar refractivity (Wildman–Crippen MR) is 81.8 cm³/mol. The lowest BCUT2D eigenvalue weighted by Crippen LogP contribution is -2.20. The van der Waals surface area contributed by atoms with Crippen molar-refractivity contribution in [1.29, 1.82) is 0 Å². The van der Waals surface area contributed by atoms with E-state index in [0.29, 0.717) is 6.54 Å². The van der Waals surface area contributed by atoms with Crippen molar-refractivity contribution < 1.29 is 0 Å². The summed E-state index contributed by atoms with van der Waals surface area (Å²) in [6.07, 6.45) is 3.34. The summed E-state index contributed by atoms with van der Waals surface area (Å²) in [6.45, 7) is 2.27. The molecule has 5 heteroatoms. The minimum Gasteiger partial charge on any atom is -0.295 e. The minimum absolute atomic E-state index is 0.0514. The molecular weight excluding hydrogens is 318 g/mol. The van der Waals surface area contributed by atoms with E-state index in [1.54, 1.807) is 17.1 Å². The molecule has 4 nitrogen and oxygen atoms in total. The lowest BCUT2D eigenvalue weighted by Gasteiger charge is -2.09. The number of hydrogen-bond acceptors (Lipinski definition) is 3. The molecule has 100 valence electrons. The van der Waals surface area contributed by atoms with Gasteiger partial charge in [-0.3, -0.25) is 14.3 Å². The number of rotatable bonds is 2. The minimum atomic E-state index is -0.0514. The highest BCUT2D eigenvalue weighted by Crippen LogP contribution is 2.25. The van der Waals surface area contributed by atoms with E-state index in [1.807, 2.05) is 31.2 Å². The van der Waals surface area contributed by atoms with Crippen molar-refractivity contribution in [2.75, 3.05) is 0 Å². The molecule has 3 aromatic rings. The van der Waals surface area contributed by atoms with E-state index >= 15 is 0 Å². The lowest BCUT2D eigenvalue weighted by atomic mass is 10.1. The first-order valence-corrected chi connectivity index (χ1v) is 6.99. The van der Waals surface area contributed by atoms with E-state index in [9.17, 15) is 4.79 Å². The van der Waals surface area contributed by atoms with Gasteiger partial charge in [-0.1, -0.05) is 28.1 Å². The average molecular weight is 330 g/mol. The highest BCUT2D eigenvalue weighted by molar-refractivity contribution is 9.10. The SMILES string of the molecule is Cc1cc(=O)n(Cc2ccc(Br)c3cccnc23)cn1. The van der Waals surface area contributed by atoms with Gasteiger partial charge >= 0.3 is 0 Å². The summed E-state index contributed by atoms with van der Waals surface area (Å²) < 4.78 is 2.59. The van der Waals surface area contributed by atoms with Gasteiger partial charge in [-0.15, -0.1) is 0 Å². The van der Waals surface area contributed by atoms with Crippen LogP contribution in [0, 0.1) is 6.92 Å². The zero-order chi connectivity index (χ0) is 14.1. The number of aryl methyl sites for hydroxylation is 1. The molecule has 0 fully saturated rings. The zero-order valence-electron chi connectivity index (χ0n) is 10.9. The van der Waals surface area contributed by atoms with Crippen LogP contribution in [0.15, 0.2) is 52.1 Å². The van der Waals surface area contributed by atoms with Crippen molar-refractivity contribution in [2.45, 2.75) is 13.5 Å². The average Bonchev–Trinajstić information content (AvgIpc) is 2.45. The smallest absolute Gasteiger partial charge is 0.253 e. The Balaban J connectivity index is 2.12. The molecule has 20 heavy (non-hydrogen) atoms. The Morgan fingerprint density at radius 2 is 2.10 bits per heavy atom. The fraction of sp³-hybridized carbons (Fsp3) is 0.133. The van der Waals surface area contributed by atoms with Crippen LogP contribution in [0.2, 0.25) is 0 Å². The van der Waals surface area contributed by atoms with Crippen molar-refractivity contribution >= 4 is 26.8 Å². The number of benzene rings is 1. The van der Waals surface area contributed by atoms with Gasteiger partial charge < -0.3 is 0 Å². The molecule has 0 saturated heterocycles. The molecule has 3 rings (SSSR count). The standard InChI is InChI=1S/C15H12BrN3O/c1-10-7-14(20)19(9-18-10)8-11-4-5-13(16)12-3-2-6-17-15(11)12/h2-7,9H,8H2,1H3. The molecule has 0 bridgehead atoms. The first kappa shape index (κ1) is 13.0. The van der Waals surface area contributed by atoms with E-state index in [0.717, 1.165) is 26.6 Å². The van der Waals surface area contributed by atoms with Crippen LogP contribution < -0.4 is 5.56 Å². The fourth-order valence-corrected chi connectivity index (χ4v) is 2.59. The van der Waals surface area contributed by atoms with Gasteiger partial charge in [-0.25, -0.2) is 4.98 Å². The molecule has 0 atom stereocenters. The first-order valence-electron chi connectivity index (χ1n) is 6.20. The Bertz CT molecular complexity index is 842. The van der Waals surface area contributed by atoms with Gasteiger partial charge in [0.15, 0.2) is 0 Å². The lowest BCUT2D eigenvalue weighted by molar-refractivity contribution is 0.733. The highest BCUT2D eigenvalue weighted by Gasteiger charge is 2.07. The summed E-state index contributed by atoms with van der Waals surface area (Å²) in [5.41, 5.74) is 2.57. The van der Waals surface area contributed by atoms with Gasteiger partial charge in [-0.2, -0.15) is 0 Å². The largest absolute Gasteiger partial charge is 0.295 e. The van der Waals surface area contributed by atoms with E-state index in [1.165, 1.54) is 6.07 Å². The molecule has 0 aliphatic carbocycles. The third-order valence-electron chi connectivity index (χ3n) is 3.16. The van der Waals surface area contributed by atoms with Crippen LogP contribution in [0.25, 0.3) is 10.9 Å². The maximum absolute atomic E-state index is 11.9. The van der Waals surface area contributed by atoms with Gasteiger partial charge in [0.2, 0.25) is 0 Å². The summed E-state index contributed by atoms with van der Waals surface area (Å²) in [4.78, 5) is 20.5. The van der Waals surface area contributed by atoms with Gasteiger partial charge in [-0.05, 0) is 24.6 Å². The Kier molecular flexibility index (Phi) is 3.36. The van der Waals surface area contributed by atoms with Crippen LogP contribution in [0.1, 0.15) is 11.3 Å². The molecule has 0 aliphatic heterocycles. The number of aromatic nitrogens is 3. The van der Waals surface area contributed by atoms with Crippen LogP contribution in [0.4, 0.5) is 0 Å². The molecular formula is C15H12BrN3O. The third kappa shape index (κ3) is 2.36. The van der Waals surface area contributed by atoms with E-state index < -0.39 is 0 Å². The molecule has 2 heterocycles.